The summed E-state index contributed by atoms with van der Waals surface area (Å²) in [6.45, 7) is 5.34. The maximum Gasteiger partial charge on any atom is 0.332 e. The molecule has 1 aliphatic rings. The minimum Gasteiger partial charge on any atom is -0.493 e. The molecular formula is C28H32N2O10. The highest BCUT2D eigenvalue weighted by Gasteiger charge is 2.42. The fourth-order valence-corrected chi connectivity index (χ4v) is 3.97. The number of amides is 1. The Bertz CT molecular complexity index is 1250. The number of aromatic nitrogens is 1. The lowest BCUT2D eigenvalue weighted by molar-refractivity contribution is -0.176. The summed E-state index contributed by atoms with van der Waals surface area (Å²) >= 11 is 0. The van der Waals surface area contributed by atoms with Gasteiger partial charge in [0.25, 0.3) is 5.91 Å². The highest BCUT2D eigenvalue weighted by atomic mass is 16.6. The van der Waals surface area contributed by atoms with Crippen LogP contribution in [0, 0.1) is 11.8 Å². The van der Waals surface area contributed by atoms with Gasteiger partial charge in [0.1, 0.15) is 18.6 Å². The largest absolute Gasteiger partial charge is 0.493 e. The molecule has 0 aliphatic carbocycles. The number of pyridine rings is 1. The maximum atomic E-state index is 13.3. The molecule has 12 nitrogen and oxygen atoms in total. The van der Waals surface area contributed by atoms with Crippen LogP contribution in [-0.4, -0.2) is 66.7 Å². The van der Waals surface area contributed by atoms with Crippen LogP contribution in [0.3, 0.4) is 0 Å². The number of benzene rings is 1. The van der Waals surface area contributed by atoms with Gasteiger partial charge < -0.3 is 29.0 Å². The average molecular weight is 557 g/mol. The van der Waals surface area contributed by atoms with Crippen LogP contribution in [0.25, 0.3) is 0 Å². The molecule has 4 atom stereocenters. The first-order chi connectivity index (χ1) is 19.0. The molecule has 1 aliphatic heterocycles. The lowest BCUT2D eigenvalue weighted by Gasteiger charge is -2.29. The van der Waals surface area contributed by atoms with Gasteiger partial charge in [-0.1, -0.05) is 44.2 Å². The molecule has 0 spiro atoms. The van der Waals surface area contributed by atoms with Crippen molar-refractivity contribution in [1.82, 2.24) is 10.3 Å². The second kappa shape index (κ2) is 13.5. The molecule has 1 N–H and O–H groups in total. The Morgan fingerprint density at radius 1 is 1.10 bits per heavy atom. The molecule has 1 saturated heterocycles. The van der Waals surface area contributed by atoms with E-state index in [0.29, 0.717) is 0 Å². The van der Waals surface area contributed by atoms with Gasteiger partial charge in [0.05, 0.1) is 13.0 Å². The number of carbonyl (C=O) groups excluding carboxylic acids is 5. The van der Waals surface area contributed by atoms with Crippen molar-refractivity contribution < 1.29 is 47.7 Å². The van der Waals surface area contributed by atoms with Crippen molar-refractivity contribution in [3.05, 3.63) is 53.9 Å². The van der Waals surface area contributed by atoms with Crippen molar-refractivity contribution in [3.63, 3.8) is 0 Å². The van der Waals surface area contributed by atoms with Gasteiger partial charge in [0, 0.05) is 19.2 Å². The minimum absolute atomic E-state index is 0.0611. The molecule has 1 aromatic carbocycles. The molecule has 2 aromatic rings. The second-order valence-corrected chi connectivity index (χ2v) is 9.44. The Morgan fingerprint density at radius 3 is 2.42 bits per heavy atom. The van der Waals surface area contributed by atoms with Gasteiger partial charge in [-0.15, -0.1) is 0 Å². The standard InChI is InChI=1S/C28H32N2O10/c1-15(2)26(33)40-23-16(3)38-28(35)20(14-37-27(34)19(23)13-18-9-7-6-8-10-18)30-25(32)22-24(39-17(4)31)21(36-5)11-12-29-22/h6-12,15-16,19-20,23H,13-14H2,1-5H3,(H,30,32). The summed E-state index contributed by atoms with van der Waals surface area (Å²) in [5, 5.41) is 2.42. The third-order valence-electron chi connectivity index (χ3n) is 6.02. The number of rotatable bonds is 8. The lowest BCUT2D eigenvalue weighted by atomic mass is 9.91. The smallest absolute Gasteiger partial charge is 0.332 e. The van der Waals surface area contributed by atoms with Crippen LogP contribution in [0.2, 0.25) is 0 Å². The van der Waals surface area contributed by atoms with Gasteiger partial charge in [-0.25, -0.2) is 9.78 Å². The molecule has 1 amide bonds. The molecule has 4 unspecified atom stereocenters. The van der Waals surface area contributed by atoms with E-state index in [1.54, 1.807) is 26.0 Å². The molecule has 1 aromatic heterocycles. The molecule has 40 heavy (non-hydrogen) atoms. The van der Waals surface area contributed by atoms with Crippen molar-refractivity contribution in [2.75, 3.05) is 13.7 Å². The van der Waals surface area contributed by atoms with Crippen LogP contribution >= 0.6 is 0 Å². The van der Waals surface area contributed by atoms with Gasteiger partial charge in [-0.2, -0.15) is 0 Å². The Balaban J connectivity index is 1.90. The Labute approximate surface area is 231 Å². The van der Waals surface area contributed by atoms with Gasteiger partial charge in [-0.3, -0.25) is 19.2 Å². The van der Waals surface area contributed by atoms with E-state index in [0.717, 1.165) is 12.5 Å². The SMILES string of the molecule is COc1ccnc(C(=O)NC2COC(=O)C(Cc3ccccc3)C(OC(=O)C(C)C)C(C)OC2=O)c1OC(C)=O. The van der Waals surface area contributed by atoms with Crippen LogP contribution in [-0.2, 0) is 39.8 Å². The summed E-state index contributed by atoms with van der Waals surface area (Å²) in [5.74, 6) is -5.58. The first-order valence-corrected chi connectivity index (χ1v) is 12.7. The van der Waals surface area contributed by atoms with Gasteiger partial charge >= 0.3 is 23.9 Å². The maximum absolute atomic E-state index is 13.3. The number of nitrogens with one attached hydrogen (secondary N) is 1. The van der Waals surface area contributed by atoms with Gasteiger partial charge in [0.2, 0.25) is 5.75 Å². The number of ether oxygens (including phenoxy) is 5. The molecule has 0 saturated carbocycles. The monoisotopic (exact) mass is 556 g/mol. The zero-order valence-electron chi connectivity index (χ0n) is 22.9. The van der Waals surface area contributed by atoms with Crippen LogP contribution < -0.4 is 14.8 Å². The van der Waals surface area contributed by atoms with Gasteiger partial charge in [0.15, 0.2) is 23.6 Å². The Kier molecular flexibility index (Phi) is 10.2. The number of hydrogen-bond acceptors (Lipinski definition) is 11. The summed E-state index contributed by atoms with van der Waals surface area (Å²) in [6, 6.07) is 8.98. The first kappa shape index (κ1) is 30.1. The number of nitrogens with zero attached hydrogens (tertiary/aromatic N) is 1. The zero-order valence-corrected chi connectivity index (χ0v) is 22.9. The highest BCUT2D eigenvalue weighted by Crippen LogP contribution is 2.30. The second-order valence-electron chi connectivity index (χ2n) is 9.44. The lowest BCUT2D eigenvalue weighted by Crippen LogP contribution is -2.47. The zero-order chi connectivity index (χ0) is 29.4. The van der Waals surface area contributed by atoms with Crippen molar-refractivity contribution in [3.8, 4) is 11.5 Å². The summed E-state index contributed by atoms with van der Waals surface area (Å²) in [7, 11) is 1.31. The van der Waals surface area contributed by atoms with Crippen molar-refractivity contribution in [2.24, 2.45) is 11.8 Å². The summed E-state index contributed by atoms with van der Waals surface area (Å²) in [4.78, 5) is 67.7. The van der Waals surface area contributed by atoms with Crippen LogP contribution in [0.4, 0.5) is 0 Å². The summed E-state index contributed by atoms with van der Waals surface area (Å²) in [5.41, 5.74) is 0.437. The number of hydrogen-bond donors (Lipinski definition) is 1. The molecule has 3 rings (SSSR count). The molecular weight excluding hydrogens is 524 g/mol. The normalized spacial score (nSPS) is 21.1. The van der Waals surface area contributed by atoms with E-state index in [9.17, 15) is 24.0 Å². The number of esters is 4. The minimum atomic E-state index is -1.45. The van der Waals surface area contributed by atoms with Crippen LogP contribution in [0.5, 0.6) is 11.5 Å². The fraction of sp³-hybridized carbons (Fsp3) is 0.429. The average Bonchev–Trinajstić information content (AvgIpc) is 2.95. The van der Waals surface area contributed by atoms with E-state index in [4.69, 9.17) is 23.7 Å². The fourth-order valence-electron chi connectivity index (χ4n) is 3.97. The van der Waals surface area contributed by atoms with E-state index < -0.39 is 66.5 Å². The van der Waals surface area contributed by atoms with E-state index in [1.807, 2.05) is 18.2 Å². The summed E-state index contributed by atoms with van der Waals surface area (Å²) < 4.78 is 26.9. The topological polar surface area (TPSA) is 156 Å². The number of cyclic esters (lactones) is 2. The van der Waals surface area contributed by atoms with Crippen LogP contribution in [0.15, 0.2) is 42.6 Å². The van der Waals surface area contributed by atoms with Crippen molar-refractivity contribution >= 4 is 29.8 Å². The van der Waals surface area contributed by atoms with Crippen LogP contribution in [0.1, 0.15) is 43.7 Å². The highest BCUT2D eigenvalue weighted by molar-refractivity contribution is 5.98. The van der Waals surface area contributed by atoms with Crippen molar-refractivity contribution in [1.29, 1.82) is 0 Å². The number of carbonyl (C=O) groups is 5. The molecule has 0 radical (unpaired) electrons. The van der Waals surface area contributed by atoms with Gasteiger partial charge in [-0.05, 0) is 18.9 Å². The summed E-state index contributed by atoms with van der Waals surface area (Å²) in [6.07, 6.45) is -0.822. The predicted octanol–water partition coefficient (Wildman–Crippen LogP) is 2.03. The third-order valence-corrected chi connectivity index (χ3v) is 6.02. The predicted molar refractivity (Wildman–Crippen MR) is 138 cm³/mol. The van der Waals surface area contributed by atoms with E-state index in [2.05, 4.69) is 10.3 Å². The van der Waals surface area contributed by atoms with E-state index in [-0.39, 0.29) is 23.6 Å². The molecule has 214 valence electrons. The first-order valence-electron chi connectivity index (χ1n) is 12.7. The molecule has 12 heteroatoms. The Morgan fingerprint density at radius 2 is 1.80 bits per heavy atom. The molecule has 2 heterocycles. The quantitative estimate of drug-likeness (QED) is 0.375. The third kappa shape index (κ3) is 7.55. The van der Waals surface area contributed by atoms with E-state index >= 15 is 0 Å². The van der Waals surface area contributed by atoms with E-state index in [1.165, 1.54) is 26.3 Å². The molecule has 0 bridgehead atoms. The number of methoxy groups -OCH3 is 1. The molecule has 1 fully saturated rings. The Hall–Kier alpha value is -4.48. The van der Waals surface area contributed by atoms with Crippen molar-refractivity contribution in [2.45, 2.75) is 52.4 Å².